The molecule has 1 saturated carbocycles. The van der Waals surface area contributed by atoms with Crippen molar-refractivity contribution >= 4 is 34.5 Å². The van der Waals surface area contributed by atoms with Crippen molar-refractivity contribution in [2.24, 2.45) is 17.3 Å². The van der Waals surface area contributed by atoms with E-state index < -0.39 is 11.2 Å². The summed E-state index contributed by atoms with van der Waals surface area (Å²) in [6.45, 7) is 11.6. The number of amides is 1. The van der Waals surface area contributed by atoms with E-state index in [1.165, 1.54) is 12.8 Å². The molecule has 0 radical (unpaired) electrons. The number of nitrogens with zero attached hydrogens (tertiary/aromatic N) is 7. The summed E-state index contributed by atoms with van der Waals surface area (Å²) in [6, 6.07) is 3.71. The topological polar surface area (TPSA) is 135 Å². The Labute approximate surface area is 266 Å². The van der Waals surface area contributed by atoms with Crippen LogP contribution in [0.15, 0.2) is 33.8 Å². The lowest BCUT2D eigenvalue weighted by Crippen LogP contribution is -2.63. The first kappa shape index (κ1) is 29.9. The van der Waals surface area contributed by atoms with Crippen molar-refractivity contribution in [1.29, 1.82) is 0 Å². The Bertz CT molecular complexity index is 1780. The first-order valence-corrected chi connectivity index (χ1v) is 16.2. The number of hydrogen-bond acceptors (Lipinski definition) is 9. The van der Waals surface area contributed by atoms with Gasteiger partial charge in [0, 0.05) is 49.7 Å². The Morgan fingerprint density at radius 1 is 1.07 bits per heavy atom. The van der Waals surface area contributed by atoms with Crippen LogP contribution < -0.4 is 10.7 Å². The van der Waals surface area contributed by atoms with Crippen molar-refractivity contribution in [1.82, 2.24) is 34.6 Å². The van der Waals surface area contributed by atoms with Crippen molar-refractivity contribution in [3.8, 4) is 22.8 Å². The van der Waals surface area contributed by atoms with Crippen molar-refractivity contribution in [2.45, 2.75) is 72.0 Å². The number of nitrogens with one attached hydrogen (secondary N) is 1. The molecule has 238 valence electrons. The summed E-state index contributed by atoms with van der Waals surface area (Å²) in [5.74, 6) is 1.78. The van der Waals surface area contributed by atoms with Gasteiger partial charge in [-0.15, -0.1) is 0 Å². The van der Waals surface area contributed by atoms with E-state index >= 15 is 0 Å². The van der Waals surface area contributed by atoms with Gasteiger partial charge in [-0.25, -0.2) is 14.8 Å². The molecule has 12 nitrogen and oxygen atoms in total. The zero-order valence-electron chi connectivity index (χ0n) is 26.1. The second-order valence-corrected chi connectivity index (χ2v) is 14.0. The van der Waals surface area contributed by atoms with Crippen LogP contribution >= 0.6 is 11.6 Å². The fraction of sp³-hybridized carbons (Fsp3) is 0.562. The smallest absolute Gasteiger partial charge is 0.379 e. The van der Waals surface area contributed by atoms with Crippen LogP contribution in [0, 0.1) is 17.3 Å². The van der Waals surface area contributed by atoms with Gasteiger partial charge < -0.3 is 19.1 Å². The molecule has 1 aliphatic carbocycles. The molecule has 0 aromatic carbocycles. The number of H-pyrrole nitrogens is 1. The number of imidazole rings is 1. The van der Waals surface area contributed by atoms with Crippen LogP contribution in [0.3, 0.4) is 0 Å². The molecular formula is C32H39ClN8O4. The molecule has 3 fully saturated rings. The van der Waals surface area contributed by atoms with Crippen molar-refractivity contribution < 1.29 is 14.1 Å². The van der Waals surface area contributed by atoms with Gasteiger partial charge in [-0.2, -0.15) is 0 Å². The monoisotopic (exact) mass is 634 g/mol. The maximum atomic E-state index is 13.5. The Morgan fingerprint density at radius 2 is 1.80 bits per heavy atom. The van der Waals surface area contributed by atoms with E-state index in [-0.39, 0.29) is 23.8 Å². The van der Waals surface area contributed by atoms with Crippen LogP contribution in [0.25, 0.3) is 33.8 Å². The molecule has 4 aromatic rings. The van der Waals surface area contributed by atoms with E-state index in [2.05, 4.69) is 45.4 Å². The highest BCUT2D eigenvalue weighted by Crippen LogP contribution is 2.39. The zero-order chi connectivity index (χ0) is 31.5. The molecule has 6 heterocycles. The van der Waals surface area contributed by atoms with Gasteiger partial charge in [0.25, 0.3) is 0 Å². The number of carbonyl (C=O) groups is 1. The van der Waals surface area contributed by atoms with E-state index in [0.29, 0.717) is 48.6 Å². The molecule has 4 aromatic heterocycles. The van der Waals surface area contributed by atoms with Crippen LogP contribution in [0.1, 0.15) is 53.4 Å². The molecule has 0 bridgehead atoms. The Kier molecular flexibility index (Phi) is 7.67. The highest BCUT2D eigenvalue weighted by Gasteiger charge is 2.46. The average molecular weight is 635 g/mol. The van der Waals surface area contributed by atoms with Gasteiger partial charge in [0.1, 0.15) is 5.69 Å². The lowest BCUT2D eigenvalue weighted by atomic mass is 9.83. The predicted molar refractivity (Wildman–Crippen MR) is 170 cm³/mol. The minimum Gasteiger partial charge on any atom is -0.379 e. The second kappa shape index (κ2) is 11.5. The Balaban J connectivity index is 1.37. The minimum atomic E-state index is -0.659. The van der Waals surface area contributed by atoms with Gasteiger partial charge in [-0.3, -0.25) is 19.3 Å². The number of pyridine rings is 2. The fourth-order valence-electron chi connectivity index (χ4n) is 7.28. The van der Waals surface area contributed by atoms with Gasteiger partial charge in [0.05, 0.1) is 40.4 Å². The van der Waals surface area contributed by atoms with Gasteiger partial charge >= 0.3 is 5.76 Å². The van der Waals surface area contributed by atoms with Crippen molar-refractivity contribution in [2.75, 3.05) is 31.2 Å². The summed E-state index contributed by atoms with van der Waals surface area (Å²) >= 11 is 6.43. The summed E-state index contributed by atoms with van der Waals surface area (Å²) in [7, 11) is 0. The molecule has 0 unspecified atom stereocenters. The molecule has 0 spiro atoms. The van der Waals surface area contributed by atoms with E-state index in [9.17, 15) is 9.59 Å². The number of aromatic nitrogens is 6. The summed E-state index contributed by atoms with van der Waals surface area (Å²) in [5, 5.41) is 4.40. The largest absolute Gasteiger partial charge is 0.439 e. The molecule has 2 atom stereocenters. The third-order valence-corrected chi connectivity index (χ3v) is 9.94. The maximum absolute atomic E-state index is 13.5. The van der Waals surface area contributed by atoms with E-state index in [1.807, 2.05) is 24.0 Å². The molecule has 2 aliphatic heterocycles. The number of piperazine rings is 1. The number of halogens is 1. The predicted octanol–water partition coefficient (Wildman–Crippen LogP) is 4.78. The van der Waals surface area contributed by atoms with Crippen LogP contribution in [0.2, 0.25) is 5.02 Å². The first-order chi connectivity index (χ1) is 21.6. The van der Waals surface area contributed by atoms with Crippen molar-refractivity contribution in [3.63, 3.8) is 0 Å². The zero-order valence-corrected chi connectivity index (χ0v) is 26.9. The number of anilines is 1. The van der Waals surface area contributed by atoms with Gasteiger partial charge in [-0.05, 0) is 57.6 Å². The Morgan fingerprint density at radius 3 is 2.42 bits per heavy atom. The second-order valence-electron chi connectivity index (χ2n) is 13.6. The van der Waals surface area contributed by atoms with Crippen LogP contribution in [0.4, 0.5) is 5.95 Å². The van der Waals surface area contributed by atoms with Gasteiger partial charge in [0.2, 0.25) is 17.7 Å². The third kappa shape index (κ3) is 5.52. The summed E-state index contributed by atoms with van der Waals surface area (Å²) in [6.07, 6.45) is 8.03. The minimum absolute atomic E-state index is 0.0137. The number of aromatic amines is 1. The fourth-order valence-corrected chi connectivity index (χ4v) is 7.46. The maximum Gasteiger partial charge on any atom is 0.439 e. The van der Waals surface area contributed by atoms with Crippen LogP contribution in [-0.4, -0.2) is 78.9 Å². The molecule has 1 N–H and O–H groups in total. The van der Waals surface area contributed by atoms with E-state index in [0.717, 1.165) is 47.8 Å². The summed E-state index contributed by atoms with van der Waals surface area (Å²) in [5.41, 5.74) is 2.96. The highest BCUT2D eigenvalue weighted by molar-refractivity contribution is 6.30. The van der Waals surface area contributed by atoms with Gasteiger partial charge in [-0.1, -0.05) is 36.5 Å². The van der Waals surface area contributed by atoms with E-state index in [1.54, 1.807) is 12.4 Å². The number of carbonyl (C=O) groups excluding carboxylic acids is 1. The number of hydrogen-bond donors (Lipinski definition) is 1. The number of ether oxygens (including phenoxy) is 1. The normalized spacial score (nSPS) is 25.0. The quantitative estimate of drug-likeness (QED) is 0.318. The average Bonchev–Trinajstić information content (AvgIpc) is 3.59. The van der Waals surface area contributed by atoms with Crippen LogP contribution in [0.5, 0.6) is 0 Å². The molecule has 7 rings (SSSR count). The number of fused-ring (bicyclic) bond motifs is 1. The van der Waals surface area contributed by atoms with Crippen molar-refractivity contribution in [3.05, 3.63) is 40.1 Å². The van der Waals surface area contributed by atoms with Gasteiger partial charge in [0.15, 0.2) is 0 Å². The van der Waals surface area contributed by atoms with Crippen LogP contribution in [-0.2, 0) is 16.1 Å². The number of rotatable bonds is 6. The molecule has 13 heteroatoms. The highest BCUT2D eigenvalue weighted by atomic mass is 35.5. The first-order valence-electron chi connectivity index (χ1n) is 15.8. The molecule has 2 saturated heterocycles. The SMILES string of the molecule is C[C@@H]1CN(C(=O)C2(C)COC2)C[C@@H](C)N1c1nc2cc(-c3noc(=O)[nH]3)nc(-c3cncc(Cl)c3)c2n1C[C@H]1CC[C@H](C)CC1. The molecule has 3 aliphatic rings. The van der Waals surface area contributed by atoms with E-state index in [4.69, 9.17) is 30.8 Å². The standard InChI is InChI=1S/C32H39ClN8O4/c1-18-5-7-21(8-6-18)15-40-27-24(10-25(28-37-31(43)45-38-28)35-26(27)22-9-23(33)12-34-11-22)36-30(40)41-19(2)13-39(14-20(41)3)29(42)32(4)16-44-17-32/h9-12,18-21H,5-8,13-17H2,1-4H3,(H,37,38,43)/t18-,19-,20-,21-/m1/s1. The molecule has 45 heavy (non-hydrogen) atoms. The molecular weight excluding hydrogens is 596 g/mol. The lowest BCUT2D eigenvalue weighted by Gasteiger charge is -2.48. The summed E-state index contributed by atoms with van der Waals surface area (Å²) in [4.78, 5) is 47.0. The Hall–Kier alpha value is -3.77. The summed E-state index contributed by atoms with van der Waals surface area (Å²) < 4.78 is 12.5. The molecule has 1 amide bonds. The third-order valence-electron chi connectivity index (χ3n) is 9.74. The lowest BCUT2D eigenvalue weighted by molar-refractivity contribution is -0.170.